The van der Waals surface area contributed by atoms with E-state index in [1.165, 1.54) is 61.3 Å². The van der Waals surface area contributed by atoms with Gasteiger partial charge in [-0.3, -0.25) is 4.52 Å². The van der Waals surface area contributed by atoms with Crippen LogP contribution < -0.4 is 15.3 Å². The van der Waals surface area contributed by atoms with Crippen LogP contribution in [0.25, 0.3) is 11.0 Å². The molecular weight excluding hydrogens is 670 g/mol. The molecule has 0 bridgehead atoms. The van der Waals surface area contributed by atoms with Crippen LogP contribution in [-0.4, -0.2) is 55.1 Å². The van der Waals surface area contributed by atoms with Crippen LogP contribution in [0.5, 0.6) is 5.75 Å². The monoisotopic (exact) mass is 697 g/mol. The Bertz CT molecular complexity index is 1890. The van der Waals surface area contributed by atoms with Crippen molar-refractivity contribution in [3.05, 3.63) is 82.8 Å². The van der Waals surface area contributed by atoms with Gasteiger partial charge in [0.05, 0.1) is 17.6 Å². The van der Waals surface area contributed by atoms with E-state index in [4.69, 9.17) is 35.9 Å². The smallest absolute Gasteiger partial charge is 0.459 e. The minimum Gasteiger partial charge on any atom is -0.459 e. The number of nitrogens with zero attached hydrogens (tertiary/aromatic N) is 3. The molecule has 4 unspecified atom stereocenters. The highest BCUT2D eigenvalue weighted by Crippen LogP contribution is 2.52. The first-order chi connectivity index (χ1) is 22.0. The molecule has 2 aromatic heterocycles. The van der Waals surface area contributed by atoms with Crippen molar-refractivity contribution < 1.29 is 51.3 Å². The lowest BCUT2D eigenvalue weighted by Crippen LogP contribution is -2.50. The molecule has 2 aromatic carbocycles. The van der Waals surface area contributed by atoms with Crippen molar-refractivity contribution in [1.82, 2.24) is 19.6 Å². The second-order valence-corrected chi connectivity index (χ2v) is 13.5. The fraction of sp³-hybridized carbons (Fsp3) is 0.345. The maximum absolute atomic E-state index is 14.5. The van der Waals surface area contributed by atoms with Gasteiger partial charge in [-0.25, -0.2) is 19.3 Å². The number of nitrogens with one attached hydrogen (secondary N) is 1. The van der Waals surface area contributed by atoms with Crippen LogP contribution in [0, 0.1) is 0 Å². The molecule has 0 aliphatic carbocycles. The normalized spacial score (nSPS) is 27.3. The number of aliphatic hydroxyl groups is 2. The number of ether oxygens (including phenoxy) is 2. The molecule has 250 valence electrons. The summed E-state index contributed by atoms with van der Waals surface area (Å²) in [5.74, 6) is -0.915. The van der Waals surface area contributed by atoms with Gasteiger partial charge in [0, 0.05) is 16.8 Å². The van der Waals surface area contributed by atoms with E-state index in [1.54, 1.807) is 6.07 Å². The van der Waals surface area contributed by atoms with Gasteiger partial charge in [-0.1, -0.05) is 23.7 Å². The zero-order valence-electron chi connectivity index (χ0n) is 24.6. The molecule has 0 saturated carbocycles. The van der Waals surface area contributed by atoms with Crippen LogP contribution in [-0.2, 0) is 41.7 Å². The average molecular weight is 698 g/mol. The SMILES string of the molecule is CC1(NP(=O)(OCC2OC(n3ccc4c(N)ncnc43)[C@](C)(O)[C@@H]2O)Oc2ccc(Cl)cc2)C(=O)OCc2c(C(F)(F)F)cccc21. The van der Waals surface area contributed by atoms with Gasteiger partial charge in [0.15, 0.2) is 6.23 Å². The number of halogens is 4. The van der Waals surface area contributed by atoms with Gasteiger partial charge in [-0.2, -0.15) is 18.3 Å². The predicted octanol–water partition coefficient (Wildman–Crippen LogP) is 4.46. The van der Waals surface area contributed by atoms with Crippen LogP contribution in [0.4, 0.5) is 19.0 Å². The van der Waals surface area contributed by atoms with Crippen molar-refractivity contribution in [2.75, 3.05) is 12.3 Å². The van der Waals surface area contributed by atoms with Crippen molar-refractivity contribution in [3.8, 4) is 5.75 Å². The van der Waals surface area contributed by atoms with E-state index in [9.17, 15) is 32.7 Å². The summed E-state index contributed by atoms with van der Waals surface area (Å²) >= 11 is 5.97. The zero-order valence-corrected chi connectivity index (χ0v) is 26.3. The molecule has 4 heterocycles. The molecular formula is C29H28ClF3N5O8P. The van der Waals surface area contributed by atoms with Gasteiger partial charge in [0.2, 0.25) is 0 Å². The van der Waals surface area contributed by atoms with Crippen LogP contribution >= 0.6 is 19.3 Å². The second kappa shape index (κ2) is 11.7. The van der Waals surface area contributed by atoms with E-state index in [-0.39, 0.29) is 22.7 Å². The predicted molar refractivity (Wildman–Crippen MR) is 160 cm³/mol. The Morgan fingerprint density at radius 1 is 1.19 bits per heavy atom. The van der Waals surface area contributed by atoms with Gasteiger partial charge < -0.3 is 34.5 Å². The largest absolute Gasteiger partial charge is 0.460 e. The van der Waals surface area contributed by atoms with Crippen molar-refractivity contribution in [3.63, 3.8) is 0 Å². The molecule has 1 saturated heterocycles. The molecule has 0 radical (unpaired) electrons. The van der Waals surface area contributed by atoms with E-state index in [2.05, 4.69) is 15.1 Å². The first-order valence-corrected chi connectivity index (χ1v) is 15.9. The summed E-state index contributed by atoms with van der Waals surface area (Å²) in [5, 5.41) is 25.7. The number of cyclic esters (lactones) is 1. The summed E-state index contributed by atoms with van der Waals surface area (Å²) in [6.07, 6.45) is -6.23. The first-order valence-electron chi connectivity index (χ1n) is 14.0. The molecule has 0 spiro atoms. The Hall–Kier alpha value is -3.76. The van der Waals surface area contributed by atoms with Crippen molar-refractivity contribution in [1.29, 1.82) is 0 Å². The zero-order chi connectivity index (χ0) is 33.9. The van der Waals surface area contributed by atoms with Gasteiger partial charge in [0.1, 0.15) is 53.5 Å². The summed E-state index contributed by atoms with van der Waals surface area (Å²) in [7, 11) is -4.78. The number of hydrogen-bond donors (Lipinski definition) is 4. The number of alkyl halides is 3. The van der Waals surface area contributed by atoms with E-state index in [0.717, 1.165) is 12.1 Å². The topological polar surface area (TPSA) is 180 Å². The maximum atomic E-state index is 14.5. The van der Waals surface area contributed by atoms with Crippen LogP contribution in [0.2, 0.25) is 5.02 Å². The third-order valence-electron chi connectivity index (χ3n) is 8.13. The van der Waals surface area contributed by atoms with Gasteiger partial charge in [-0.05, 0) is 55.8 Å². The lowest BCUT2D eigenvalue weighted by molar-refractivity contribution is -0.156. The van der Waals surface area contributed by atoms with Crippen LogP contribution in [0.1, 0.15) is 36.8 Å². The standard InChI is InChI=1S/C29H28ClF3N5O8P/c1-27(19-4-3-5-20(29(31,32)33)18(19)12-43-26(27)40)37-47(42,46-16-8-6-15(30)7-9-16)44-13-21-22(39)28(2,41)25(45-21)38-11-10-17-23(34)35-14-36-24(17)38/h3-11,14,21-22,25,39,41H,12-13H2,1-2H3,(H,37,42)(H2,34,35,36)/t21?,22-,25?,27?,28-,47?/m1/s1. The molecule has 2 aliphatic heterocycles. The summed E-state index contributed by atoms with van der Waals surface area (Å²) in [6.45, 7) is 1.13. The highest BCUT2D eigenvalue weighted by molar-refractivity contribution is 7.52. The lowest BCUT2D eigenvalue weighted by Gasteiger charge is -2.37. The molecule has 13 nitrogen and oxygen atoms in total. The summed E-state index contributed by atoms with van der Waals surface area (Å²) in [5.41, 5.74) is 0.584. The van der Waals surface area contributed by atoms with Gasteiger partial charge >= 0.3 is 19.9 Å². The number of carbonyl (C=O) groups excluding carboxylic acids is 1. The number of aromatic nitrogens is 3. The van der Waals surface area contributed by atoms with E-state index < -0.39 is 68.2 Å². The number of carbonyl (C=O) groups is 1. The summed E-state index contributed by atoms with van der Waals surface area (Å²) in [4.78, 5) is 21.3. The van der Waals surface area contributed by atoms with Crippen molar-refractivity contribution >= 4 is 42.2 Å². The fourth-order valence-corrected chi connectivity index (χ4v) is 7.48. The highest BCUT2D eigenvalue weighted by atomic mass is 35.5. The van der Waals surface area contributed by atoms with Crippen LogP contribution in [0.15, 0.2) is 61.1 Å². The number of benzene rings is 2. The van der Waals surface area contributed by atoms with Gasteiger partial charge in [0.25, 0.3) is 0 Å². The Labute approximate surface area is 270 Å². The minimum atomic E-state index is -4.78. The average Bonchev–Trinajstić information content (AvgIpc) is 3.53. The van der Waals surface area contributed by atoms with Crippen LogP contribution in [0.3, 0.4) is 0 Å². The number of aliphatic hydroxyl groups excluding tert-OH is 1. The van der Waals surface area contributed by atoms with E-state index in [0.29, 0.717) is 16.1 Å². The number of hydrogen-bond acceptors (Lipinski definition) is 11. The number of anilines is 1. The molecule has 0 amide bonds. The first kappa shape index (κ1) is 33.2. The van der Waals surface area contributed by atoms with Crippen molar-refractivity contribution in [2.24, 2.45) is 0 Å². The Morgan fingerprint density at radius 3 is 2.62 bits per heavy atom. The molecule has 5 N–H and O–H groups in total. The fourth-order valence-electron chi connectivity index (χ4n) is 5.69. The molecule has 6 rings (SSSR count). The molecule has 6 atom stereocenters. The molecule has 47 heavy (non-hydrogen) atoms. The number of rotatable bonds is 8. The van der Waals surface area contributed by atoms with E-state index in [1.807, 2.05) is 0 Å². The number of nitrogen functional groups attached to an aromatic ring is 1. The van der Waals surface area contributed by atoms with E-state index >= 15 is 0 Å². The quantitative estimate of drug-likeness (QED) is 0.150. The number of nitrogens with two attached hydrogens (primary N) is 1. The molecule has 1 fully saturated rings. The lowest BCUT2D eigenvalue weighted by atomic mass is 9.85. The molecule has 2 aliphatic rings. The number of esters is 1. The molecule has 18 heteroatoms. The highest BCUT2D eigenvalue weighted by Gasteiger charge is 2.55. The maximum Gasteiger partial charge on any atom is 0.460 e. The summed E-state index contributed by atoms with van der Waals surface area (Å²) in [6, 6.07) is 10.4. The minimum absolute atomic E-state index is 0.0453. The third-order valence-corrected chi connectivity index (χ3v) is 10.0. The Balaban J connectivity index is 1.32. The van der Waals surface area contributed by atoms with Crippen molar-refractivity contribution in [2.45, 2.75) is 56.2 Å². The second-order valence-electron chi connectivity index (χ2n) is 11.4. The summed E-state index contributed by atoms with van der Waals surface area (Å²) < 4.78 is 80.0. The molecule has 4 aromatic rings. The van der Waals surface area contributed by atoms with Gasteiger partial charge in [-0.15, -0.1) is 0 Å². The Morgan fingerprint density at radius 2 is 1.91 bits per heavy atom. The Kier molecular flexibility index (Phi) is 8.28. The third kappa shape index (κ3) is 5.95. The number of fused-ring (bicyclic) bond motifs is 2.